The molecule has 0 bridgehead atoms. The summed E-state index contributed by atoms with van der Waals surface area (Å²) in [7, 11) is 0. The molecule has 1 fully saturated rings. The number of nitrogens with zero attached hydrogens (tertiary/aromatic N) is 1. The van der Waals surface area contributed by atoms with Crippen LogP contribution in [0, 0.1) is 0 Å². The highest BCUT2D eigenvalue weighted by atomic mass is 35.5. The van der Waals surface area contributed by atoms with E-state index >= 15 is 0 Å². The first-order chi connectivity index (χ1) is 4.30. The Labute approximate surface area is 59.8 Å². The molecular formula is C5H11ClN2O. The average Bonchev–Trinajstić information content (AvgIpc) is 1.90. The van der Waals surface area contributed by atoms with E-state index in [1.54, 1.807) is 0 Å². The number of halogens is 1. The molecule has 0 aromatic heterocycles. The Morgan fingerprint density at radius 3 is 2.33 bits per heavy atom. The van der Waals surface area contributed by atoms with E-state index in [-0.39, 0.29) is 0 Å². The smallest absolute Gasteiger partial charge is 0.0482 e. The van der Waals surface area contributed by atoms with E-state index in [1.807, 2.05) is 0 Å². The standard InChI is InChI=1S/C5H11ClN2O/c6-8(7)5-1-3-9-4-2-5/h5H,1-4,7H2. The number of rotatable bonds is 1. The number of nitrogens with two attached hydrogens (primary N) is 1. The first-order valence-electron chi connectivity index (χ1n) is 3.08. The molecule has 0 amide bonds. The van der Waals surface area contributed by atoms with Gasteiger partial charge in [-0.3, -0.25) is 5.84 Å². The Hall–Kier alpha value is 0.170. The highest BCUT2D eigenvalue weighted by Gasteiger charge is 2.16. The van der Waals surface area contributed by atoms with Gasteiger partial charge in [0.2, 0.25) is 0 Å². The highest BCUT2D eigenvalue weighted by molar-refractivity contribution is 6.13. The van der Waals surface area contributed by atoms with Gasteiger partial charge in [-0.05, 0) is 24.6 Å². The number of hydrazine groups is 1. The minimum Gasteiger partial charge on any atom is -0.381 e. The molecule has 3 nitrogen and oxygen atoms in total. The highest BCUT2D eigenvalue weighted by Crippen LogP contribution is 2.11. The minimum atomic E-state index is 0.306. The van der Waals surface area contributed by atoms with Crippen molar-refractivity contribution in [2.75, 3.05) is 13.2 Å². The van der Waals surface area contributed by atoms with Crippen molar-refractivity contribution in [2.45, 2.75) is 18.9 Å². The van der Waals surface area contributed by atoms with Gasteiger partial charge in [0.15, 0.2) is 0 Å². The SMILES string of the molecule is NN(Cl)C1CCOCC1. The molecule has 0 saturated carbocycles. The Balaban J connectivity index is 2.23. The van der Waals surface area contributed by atoms with Crippen LogP contribution in [0.5, 0.6) is 0 Å². The van der Waals surface area contributed by atoms with E-state index in [0.29, 0.717) is 6.04 Å². The fraction of sp³-hybridized carbons (Fsp3) is 1.00. The molecule has 1 saturated heterocycles. The third-order valence-electron chi connectivity index (χ3n) is 1.54. The molecule has 9 heavy (non-hydrogen) atoms. The van der Waals surface area contributed by atoms with Crippen LogP contribution in [-0.2, 0) is 4.74 Å². The third-order valence-corrected chi connectivity index (χ3v) is 1.82. The summed E-state index contributed by atoms with van der Waals surface area (Å²) in [5.74, 6) is 5.31. The van der Waals surface area contributed by atoms with E-state index in [0.717, 1.165) is 26.1 Å². The van der Waals surface area contributed by atoms with E-state index < -0.39 is 0 Å². The van der Waals surface area contributed by atoms with Crippen LogP contribution < -0.4 is 5.84 Å². The Morgan fingerprint density at radius 1 is 1.44 bits per heavy atom. The fourth-order valence-corrected chi connectivity index (χ4v) is 1.13. The van der Waals surface area contributed by atoms with Crippen molar-refractivity contribution in [3.63, 3.8) is 0 Å². The lowest BCUT2D eigenvalue weighted by Gasteiger charge is -2.24. The van der Waals surface area contributed by atoms with Crippen LogP contribution >= 0.6 is 11.8 Å². The molecule has 0 unspecified atom stereocenters. The summed E-state index contributed by atoms with van der Waals surface area (Å²) in [5, 5.41) is 0. The molecule has 54 valence electrons. The predicted molar refractivity (Wildman–Crippen MR) is 35.7 cm³/mol. The van der Waals surface area contributed by atoms with Gasteiger partial charge >= 0.3 is 0 Å². The molecule has 0 spiro atoms. The van der Waals surface area contributed by atoms with Gasteiger partial charge in [0.05, 0.1) is 0 Å². The van der Waals surface area contributed by atoms with Crippen molar-refractivity contribution in [3.05, 3.63) is 0 Å². The molecular weight excluding hydrogens is 140 g/mol. The largest absolute Gasteiger partial charge is 0.381 e. The van der Waals surface area contributed by atoms with Crippen molar-refractivity contribution >= 4 is 11.8 Å². The van der Waals surface area contributed by atoms with Crippen LogP contribution in [0.4, 0.5) is 0 Å². The Kier molecular flexibility index (Phi) is 2.72. The summed E-state index contributed by atoms with van der Waals surface area (Å²) in [6.07, 6.45) is 1.89. The second-order valence-electron chi connectivity index (χ2n) is 2.19. The van der Waals surface area contributed by atoms with Crippen molar-refractivity contribution in [2.24, 2.45) is 5.84 Å². The Bertz CT molecular complexity index is 83.0. The maximum Gasteiger partial charge on any atom is 0.0482 e. The minimum absolute atomic E-state index is 0.306. The molecule has 4 heteroatoms. The summed E-state index contributed by atoms with van der Waals surface area (Å²) < 4.78 is 6.36. The molecule has 0 aromatic carbocycles. The number of hydrogen-bond donors (Lipinski definition) is 1. The first kappa shape index (κ1) is 7.28. The molecule has 1 heterocycles. The van der Waals surface area contributed by atoms with Crippen LogP contribution in [0.1, 0.15) is 12.8 Å². The third kappa shape index (κ3) is 2.10. The van der Waals surface area contributed by atoms with Gasteiger partial charge in [-0.2, -0.15) is 4.53 Å². The zero-order valence-electron chi connectivity index (χ0n) is 5.22. The molecule has 1 aliphatic rings. The van der Waals surface area contributed by atoms with Crippen LogP contribution in [0.2, 0.25) is 0 Å². The zero-order valence-corrected chi connectivity index (χ0v) is 5.97. The molecule has 1 rings (SSSR count). The zero-order chi connectivity index (χ0) is 6.69. The van der Waals surface area contributed by atoms with Crippen molar-refractivity contribution in [1.29, 1.82) is 0 Å². The quantitative estimate of drug-likeness (QED) is 0.336. The number of ether oxygens (including phenoxy) is 1. The monoisotopic (exact) mass is 150 g/mol. The summed E-state index contributed by atoms with van der Waals surface area (Å²) in [4.78, 5) is 0. The second kappa shape index (κ2) is 3.37. The van der Waals surface area contributed by atoms with Gasteiger partial charge in [-0.1, -0.05) is 0 Å². The normalized spacial score (nSPS) is 23.0. The molecule has 0 aromatic rings. The van der Waals surface area contributed by atoms with Gasteiger partial charge in [0, 0.05) is 19.3 Å². The predicted octanol–water partition coefficient (Wildman–Crippen LogP) is 0.495. The van der Waals surface area contributed by atoms with Crippen molar-refractivity contribution < 1.29 is 4.74 Å². The lowest BCUT2D eigenvalue weighted by Crippen LogP contribution is -2.37. The molecule has 0 radical (unpaired) electrons. The first-order valence-corrected chi connectivity index (χ1v) is 3.42. The van der Waals surface area contributed by atoms with Crippen LogP contribution in [0.25, 0.3) is 0 Å². The van der Waals surface area contributed by atoms with Crippen molar-refractivity contribution in [3.8, 4) is 0 Å². The second-order valence-corrected chi connectivity index (χ2v) is 2.58. The van der Waals surface area contributed by atoms with Crippen LogP contribution in [0.3, 0.4) is 0 Å². The van der Waals surface area contributed by atoms with Gasteiger partial charge in [-0.15, -0.1) is 0 Å². The van der Waals surface area contributed by atoms with Gasteiger partial charge in [-0.25, -0.2) is 0 Å². The average molecular weight is 151 g/mol. The maximum absolute atomic E-state index is 5.51. The fourth-order valence-electron chi connectivity index (χ4n) is 0.932. The lowest BCUT2D eigenvalue weighted by atomic mass is 10.1. The van der Waals surface area contributed by atoms with Crippen LogP contribution in [-0.4, -0.2) is 23.8 Å². The van der Waals surface area contributed by atoms with E-state index in [9.17, 15) is 0 Å². The van der Waals surface area contributed by atoms with Gasteiger partial charge < -0.3 is 4.74 Å². The maximum atomic E-state index is 5.51. The summed E-state index contributed by atoms with van der Waals surface area (Å²) in [6.45, 7) is 1.57. The summed E-state index contributed by atoms with van der Waals surface area (Å²) in [6, 6.07) is 0.306. The van der Waals surface area contributed by atoms with E-state index in [4.69, 9.17) is 22.4 Å². The number of hydrogen-bond acceptors (Lipinski definition) is 3. The molecule has 1 aliphatic heterocycles. The van der Waals surface area contributed by atoms with Gasteiger partial charge in [0.25, 0.3) is 0 Å². The molecule has 0 aliphatic carbocycles. The van der Waals surface area contributed by atoms with Gasteiger partial charge in [0.1, 0.15) is 0 Å². The van der Waals surface area contributed by atoms with Crippen molar-refractivity contribution in [1.82, 2.24) is 4.53 Å². The van der Waals surface area contributed by atoms with E-state index in [2.05, 4.69) is 0 Å². The van der Waals surface area contributed by atoms with Crippen LogP contribution in [0.15, 0.2) is 0 Å². The topological polar surface area (TPSA) is 38.5 Å². The molecule has 0 atom stereocenters. The summed E-state index contributed by atoms with van der Waals surface area (Å²) in [5.41, 5.74) is 0. The lowest BCUT2D eigenvalue weighted by molar-refractivity contribution is 0.0590. The summed E-state index contributed by atoms with van der Waals surface area (Å²) >= 11 is 5.51. The molecule has 2 N–H and O–H groups in total. The Morgan fingerprint density at radius 2 is 2.00 bits per heavy atom. The van der Waals surface area contributed by atoms with E-state index in [1.165, 1.54) is 4.53 Å².